The molecule has 1 heterocycles. The Kier molecular flexibility index (Phi) is 4.61. The SMILES string of the molecule is CC1CCCC1CNC(=O)c1cc(Cl)nc(NN)c1. The van der Waals surface area contributed by atoms with Crippen molar-refractivity contribution in [3.63, 3.8) is 0 Å². The summed E-state index contributed by atoms with van der Waals surface area (Å²) in [7, 11) is 0. The minimum Gasteiger partial charge on any atom is -0.352 e. The number of nitrogens with one attached hydrogen (secondary N) is 2. The highest BCUT2D eigenvalue weighted by Gasteiger charge is 2.23. The van der Waals surface area contributed by atoms with Gasteiger partial charge in [-0.1, -0.05) is 31.4 Å². The third-order valence-electron chi connectivity index (χ3n) is 3.77. The predicted octanol–water partition coefficient (Wildman–Crippen LogP) is 2.19. The summed E-state index contributed by atoms with van der Waals surface area (Å²) in [4.78, 5) is 16.0. The Labute approximate surface area is 117 Å². The molecule has 1 fully saturated rings. The molecule has 2 rings (SSSR count). The van der Waals surface area contributed by atoms with Gasteiger partial charge in [0.25, 0.3) is 5.91 Å². The first-order chi connectivity index (χ1) is 9.10. The van der Waals surface area contributed by atoms with Crippen LogP contribution in [-0.4, -0.2) is 17.4 Å². The van der Waals surface area contributed by atoms with Gasteiger partial charge in [-0.2, -0.15) is 0 Å². The van der Waals surface area contributed by atoms with Crippen molar-refractivity contribution < 1.29 is 4.79 Å². The largest absolute Gasteiger partial charge is 0.352 e. The standard InChI is InChI=1S/C13H19ClN4O/c1-8-3-2-4-9(8)7-16-13(19)10-5-11(14)17-12(6-10)18-15/h5-6,8-9H,2-4,7,15H2,1H3,(H,16,19)(H,17,18). The average molecular weight is 283 g/mol. The molecule has 6 heteroatoms. The number of anilines is 1. The van der Waals surface area contributed by atoms with E-state index in [0.29, 0.717) is 29.8 Å². The molecule has 104 valence electrons. The summed E-state index contributed by atoms with van der Waals surface area (Å²) in [5.41, 5.74) is 2.86. The summed E-state index contributed by atoms with van der Waals surface area (Å²) < 4.78 is 0. The molecular weight excluding hydrogens is 264 g/mol. The number of aromatic nitrogens is 1. The fraction of sp³-hybridized carbons (Fsp3) is 0.538. The number of hydrazine groups is 1. The Bertz CT molecular complexity index is 466. The summed E-state index contributed by atoms with van der Waals surface area (Å²) in [6.07, 6.45) is 3.70. The van der Waals surface area contributed by atoms with Crippen LogP contribution in [0, 0.1) is 11.8 Å². The lowest BCUT2D eigenvalue weighted by atomic mass is 9.98. The van der Waals surface area contributed by atoms with Crippen molar-refractivity contribution in [2.75, 3.05) is 12.0 Å². The van der Waals surface area contributed by atoms with Crippen LogP contribution in [-0.2, 0) is 0 Å². The second-order valence-corrected chi connectivity index (χ2v) is 5.47. The van der Waals surface area contributed by atoms with E-state index in [4.69, 9.17) is 17.4 Å². The van der Waals surface area contributed by atoms with Crippen molar-refractivity contribution in [1.29, 1.82) is 0 Å². The van der Waals surface area contributed by atoms with Crippen LogP contribution in [0.3, 0.4) is 0 Å². The third kappa shape index (κ3) is 3.58. The number of pyridine rings is 1. The molecule has 0 radical (unpaired) electrons. The van der Waals surface area contributed by atoms with E-state index in [2.05, 4.69) is 22.7 Å². The number of carbonyl (C=O) groups is 1. The van der Waals surface area contributed by atoms with Crippen LogP contribution in [0.4, 0.5) is 5.82 Å². The zero-order valence-electron chi connectivity index (χ0n) is 10.9. The summed E-state index contributed by atoms with van der Waals surface area (Å²) >= 11 is 5.84. The first kappa shape index (κ1) is 14.1. The quantitative estimate of drug-likeness (QED) is 0.449. The fourth-order valence-corrected chi connectivity index (χ4v) is 2.76. The van der Waals surface area contributed by atoms with Crippen LogP contribution in [0.1, 0.15) is 36.5 Å². The van der Waals surface area contributed by atoms with Gasteiger partial charge in [0.1, 0.15) is 11.0 Å². The van der Waals surface area contributed by atoms with E-state index in [1.807, 2.05) is 0 Å². The summed E-state index contributed by atoms with van der Waals surface area (Å²) in [6, 6.07) is 3.12. The maximum absolute atomic E-state index is 12.1. The smallest absolute Gasteiger partial charge is 0.251 e. The Morgan fingerprint density at radius 2 is 2.32 bits per heavy atom. The maximum Gasteiger partial charge on any atom is 0.251 e. The van der Waals surface area contributed by atoms with E-state index in [1.54, 1.807) is 6.07 Å². The molecule has 1 aromatic rings. The number of hydrogen-bond acceptors (Lipinski definition) is 4. The highest BCUT2D eigenvalue weighted by atomic mass is 35.5. The van der Waals surface area contributed by atoms with Crippen molar-refractivity contribution in [1.82, 2.24) is 10.3 Å². The molecule has 2 unspecified atom stereocenters. The maximum atomic E-state index is 12.1. The predicted molar refractivity (Wildman–Crippen MR) is 75.9 cm³/mol. The number of nitrogen functional groups attached to an aromatic ring is 1. The number of nitrogens with two attached hydrogens (primary N) is 1. The van der Waals surface area contributed by atoms with Gasteiger partial charge >= 0.3 is 0 Å². The van der Waals surface area contributed by atoms with Crippen LogP contribution in [0.2, 0.25) is 5.15 Å². The van der Waals surface area contributed by atoms with Gasteiger partial charge in [0.15, 0.2) is 0 Å². The molecule has 5 nitrogen and oxygen atoms in total. The minimum atomic E-state index is -0.139. The van der Waals surface area contributed by atoms with Crippen LogP contribution < -0.4 is 16.6 Å². The Morgan fingerprint density at radius 1 is 1.53 bits per heavy atom. The zero-order chi connectivity index (χ0) is 13.8. The van der Waals surface area contributed by atoms with Gasteiger partial charge in [-0.15, -0.1) is 0 Å². The second-order valence-electron chi connectivity index (χ2n) is 5.09. The molecule has 0 bridgehead atoms. The minimum absolute atomic E-state index is 0.139. The molecule has 1 aliphatic rings. The van der Waals surface area contributed by atoms with E-state index in [-0.39, 0.29) is 11.1 Å². The number of halogens is 1. The topological polar surface area (TPSA) is 80.0 Å². The molecule has 0 saturated heterocycles. The lowest BCUT2D eigenvalue weighted by Gasteiger charge is -2.16. The summed E-state index contributed by atoms with van der Waals surface area (Å²) in [6.45, 7) is 2.95. The molecule has 0 spiro atoms. The molecule has 1 amide bonds. The molecule has 19 heavy (non-hydrogen) atoms. The van der Waals surface area contributed by atoms with E-state index in [0.717, 1.165) is 0 Å². The van der Waals surface area contributed by atoms with Crippen molar-refractivity contribution in [2.24, 2.45) is 17.7 Å². The van der Waals surface area contributed by atoms with Crippen LogP contribution in [0.15, 0.2) is 12.1 Å². The molecule has 1 aliphatic carbocycles. The first-order valence-corrected chi connectivity index (χ1v) is 6.90. The molecule has 1 saturated carbocycles. The number of nitrogens with zero attached hydrogens (tertiary/aromatic N) is 1. The monoisotopic (exact) mass is 282 g/mol. The van der Waals surface area contributed by atoms with E-state index >= 15 is 0 Å². The van der Waals surface area contributed by atoms with Gasteiger partial charge in [0.2, 0.25) is 0 Å². The third-order valence-corrected chi connectivity index (χ3v) is 3.96. The fourth-order valence-electron chi connectivity index (χ4n) is 2.55. The Hall–Kier alpha value is -1.33. The summed E-state index contributed by atoms with van der Waals surface area (Å²) in [5.74, 6) is 6.78. The normalized spacial score (nSPS) is 22.3. The van der Waals surface area contributed by atoms with Crippen molar-refractivity contribution in [3.8, 4) is 0 Å². The number of rotatable bonds is 4. The zero-order valence-corrected chi connectivity index (χ0v) is 11.7. The second kappa shape index (κ2) is 6.21. The lowest BCUT2D eigenvalue weighted by molar-refractivity contribution is 0.0944. The van der Waals surface area contributed by atoms with Crippen molar-refractivity contribution >= 4 is 23.3 Å². The molecule has 1 aromatic heterocycles. The van der Waals surface area contributed by atoms with Crippen molar-refractivity contribution in [2.45, 2.75) is 26.2 Å². The summed E-state index contributed by atoms with van der Waals surface area (Å²) in [5, 5.41) is 3.20. The molecule has 0 aromatic carbocycles. The van der Waals surface area contributed by atoms with Crippen LogP contribution in [0.25, 0.3) is 0 Å². The molecule has 4 N–H and O–H groups in total. The lowest BCUT2D eigenvalue weighted by Crippen LogP contribution is -2.30. The van der Waals surface area contributed by atoms with E-state index in [1.165, 1.54) is 25.3 Å². The first-order valence-electron chi connectivity index (χ1n) is 6.52. The van der Waals surface area contributed by atoms with Gasteiger partial charge < -0.3 is 10.7 Å². The van der Waals surface area contributed by atoms with E-state index in [9.17, 15) is 4.79 Å². The van der Waals surface area contributed by atoms with Gasteiger partial charge in [-0.3, -0.25) is 4.79 Å². The molecule has 2 atom stereocenters. The molecular formula is C13H19ClN4O. The van der Waals surface area contributed by atoms with Gasteiger partial charge in [-0.05, 0) is 30.4 Å². The van der Waals surface area contributed by atoms with Gasteiger partial charge in [0.05, 0.1) is 0 Å². The highest BCUT2D eigenvalue weighted by molar-refractivity contribution is 6.29. The van der Waals surface area contributed by atoms with Crippen LogP contribution >= 0.6 is 11.6 Å². The Balaban J connectivity index is 1.97. The van der Waals surface area contributed by atoms with Gasteiger partial charge in [0, 0.05) is 12.1 Å². The molecule has 0 aliphatic heterocycles. The average Bonchev–Trinajstić information content (AvgIpc) is 2.80. The van der Waals surface area contributed by atoms with Crippen LogP contribution in [0.5, 0.6) is 0 Å². The van der Waals surface area contributed by atoms with Crippen molar-refractivity contribution in [3.05, 3.63) is 22.8 Å². The number of amides is 1. The Morgan fingerprint density at radius 3 is 2.95 bits per heavy atom. The highest BCUT2D eigenvalue weighted by Crippen LogP contribution is 2.30. The number of hydrogen-bond donors (Lipinski definition) is 3. The van der Waals surface area contributed by atoms with E-state index < -0.39 is 0 Å². The van der Waals surface area contributed by atoms with Gasteiger partial charge in [-0.25, -0.2) is 10.8 Å². The number of carbonyl (C=O) groups excluding carboxylic acids is 1.